The van der Waals surface area contributed by atoms with Crippen LogP contribution >= 0.6 is 0 Å². The first-order valence-electron chi connectivity index (χ1n) is 10.7. The zero-order valence-corrected chi connectivity index (χ0v) is 20.2. The number of alkyl carbamates (subject to hydrolysis) is 1. The van der Waals surface area contributed by atoms with E-state index in [1.54, 1.807) is 85.0 Å². The van der Waals surface area contributed by atoms with Gasteiger partial charge >= 0.3 is 12.1 Å². The van der Waals surface area contributed by atoms with Gasteiger partial charge in [0.2, 0.25) is 0 Å². The van der Waals surface area contributed by atoms with Crippen molar-refractivity contribution in [1.29, 1.82) is 0 Å². The first-order chi connectivity index (χ1) is 15.3. The van der Waals surface area contributed by atoms with E-state index in [9.17, 15) is 14.4 Å². The summed E-state index contributed by atoms with van der Waals surface area (Å²) in [6.45, 7) is 10.6. The van der Waals surface area contributed by atoms with Crippen LogP contribution in [0.25, 0.3) is 0 Å². The molecule has 178 valence electrons. The second kappa shape index (κ2) is 10.4. The second-order valence-electron chi connectivity index (χ2n) is 9.52. The van der Waals surface area contributed by atoms with E-state index in [2.05, 4.69) is 16.0 Å². The fourth-order valence-corrected chi connectivity index (χ4v) is 2.81. The summed E-state index contributed by atoms with van der Waals surface area (Å²) in [4.78, 5) is 37.7. The number of hydrogen-bond acceptors (Lipinski definition) is 6. The smallest absolute Gasteiger partial charge is 0.408 e. The molecule has 0 saturated carbocycles. The van der Waals surface area contributed by atoms with E-state index in [4.69, 9.17) is 9.47 Å². The minimum absolute atomic E-state index is 0.369. The van der Waals surface area contributed by atoms with Crippen molar-refractivity contribution in [2.75, 3.05) is 17.7 Å². The lowest BCUT2D eigenvalue weighted by molar-refractivity contribution is -0.118. The zero-order chi connectivity index (χ0) is 24.8. The van der Waals surface area contributed by atoms with E-state index in [1.165, 1.54) is 0 Å². The van der Waals surface area contributed by atoms with E-state index in [0.717, 1.165) is 5.69 Å². The maximum atomic E-state index is 13.1. The Hall–Kier alpha value is -3.55. The molecule has 0 spiro atoms. The molecule has 1 atom stereocenters. The van der Waals surface area contributed by atoms with Crippen LogP contribution in [0.15, 0.2) is 48.5 Å². The van der Waals surface area contributed by atoms with Gasteiger partial charge in [-0.2, -0.15) is 0 Å². The van der Waals surface area contributed by atoms with Gasteiger partial charge < -0.3 is 25.4 Å². The SMILES string of the molecule is CNc1ccc([C@H](NC(=O)OC(C)(C)C)C(=O)Nc2ccc(C(=O)OC(C)(C)C)cc2)cc1. The number of benzene rings is 2. The highest BCUT2D eigenvalue weighted by Gasteiger charge is 2.26. The minimum atomic E-state index is -0.990. The molecule has 8 heteroatoms. The Morgan fingerprint density at radius 1 is 0.758 bits per heavy atom. The monoisotopic (exact) mass is 455 g/mol. The number of ether oxygens (including phenoxy) is 2. The van der Waals surface area contributed by atoms with Crippen LogP contribution in [0.4, 0.5) is 16.2 Å². The number of carbonyl (C=O) groups excluding carboxylic acids is 3. The second-order valence-corrected chi connectivity index (χ2v) is 9.52. The van der Waals surface area contributed by atoms with Gasteiger partial charge in [-0.15, -0.1) is 0 Å². The zero-order valence-electron chi connectivity index (χ0n) is 20.2. The molecule has 0 aliphatic heterocycles. The summed E-state index contributed by atoms with van der Waals surface area (Å²) in [5.41, 5.74) is 0.978. The standard InChI is InChI=1S/C25H33N3O5/c1-24(2,3)32-22(30)17-10-14-19(15-11-17)27-21(29)20(28-23(31)33-25(4,5)6)16-8-12-18(26-7)13-9-16/h8-15,20,26H,1-7H3,(H,27,29)(H,28,31)/t20-/m0/s1. The van der Waals surface area contributed by atoms with E-state index in [0.29, 0.717) is 16.8 Å². The number of rotatable bonds is 6. The van der Waals surface area contributed by atoms with Gasteiger partial charge in [0.15, 0.2) is 0 Å². The highest BCUT2D eigenvalue weighted by atomic mass is 16.6. The number of amides is 2. The highest BCUT2D eigenvalue weighted by molar-refractivity contribution is 5.98. The Morgan fingerprint density at radius 3 is 1.76 bits per heavy atom. The molecule has 0 saturated heterocycles. The van der Waals surface area contributed by atoms with Crippen molar-refractivity contribution in [2.45, 2.75) is 58.8 Å². The fourth-order valence-electron chi connectivity index (χ4n) is 2.81. The van der Waals surface area contributed by atoms with Crippen molar-refractivity contribution in [2.24, 2.45) is 0 Å². The molecule has 0 aliphatic carbocycles. The molecule has 0 aliphatic rings. The summed E-state index contributed by atoms with van der Waals surface area (Å²) >= 11 is 0. The van der Waals surface area contributed by atoms with Gasteiger partial charge in [0.05, 0.1) is 5.56 Å². The van der Waals surface area contributed by atoms with Crippen molar-refractivity contribution in [3.8, 4) is 0 Å². The maximum absolute atomic E-state index is 13.1. The summed E-state index contributed by atoms with van der Waals surface area (Å²) in [7, 11) is 1.79. The summed E-state index contributed by atoms with van der Waals surface area (Å²) in [5.74, 6) is -0.905. The van der Waals surface area contributed by atoms with Crippen LogP contribution in [0.5, 0.6) is 0 Å². The molecule has 3 N–H and O–H groups in total. The first-order valence-corrected chi connectivity index (χ1v) is 10.7. The molecule has 0 aromatic heterocycles. The van der Waals surface area contributed by atoms with Crippen LogP contribution < -0.4 is 16.0 Å². The lowest BCUT2D eigenvalue weighted by Crippen LogP contribution is -2.40. The molecule has 2 rings (SSSR count). The highest BCUT2D eigenvalue weighted by Crippen LogP contribution is 2.21. The lowest BCUT2D eigenvalue weighted by atomic mass is 10.1. The molecule has 0 unspecified atom stereocenters. The largest absolute Gasteiger partial charge is 0.456 e. The maximum Gasteiger partial charge on any atom is 0.408 e. The molecular weight excluding hydrogens is 422 g/mol. The van der Waals surface area contributed by atoms with Crippen molar-refractivity contribution in [3.63, 3.8) is 0 Å². The number of hydrogen-bond donors (Lipinski definition) is 3. The van der Waals surface area contributed by atoms with Crippen molar-refractivity contribution < 1.29 is 23.9 Å². The average molecular weight is 456 g/mol. The van der Waals surface area contributed by atoms with Crippen LogP contribution in [0.2, 0.25) is 0 Å². The topological polar surface area (TPSA) is 106 Å². The van der Waals surface area contributed by atoms with Gasteiger partial charge in [-0.05, 0) is 83.5 Å². The molecule has 0 bridgehead atoms. The van der Waals surface area contributed by atoms with Crippen molar-refractivity contribution in [1.82, 2.24) is 5.32 Å². The number of anilines is 2. The molecule has 33 heavy (non-hydrogen) atoms. The number of esters is 1. The predicted molar refractivity (Wildman–Crippen MR) is 128 cm³/mol. The van der Waals surface area contributed by atoms with Crippen LogP contribution in [-0.2, 0) is 14.3 Å². The summed E-state index contributed by atoms with van der Waals surface area (Å²) < 4.78 is 10.7. The Labute approximate surface area is 195 Å². The van der Waals surface area contributed by atoms with E-state index in [-0.39, 0.29) is 0 Å². The van der Waals surface area contributed by atoms with Crippen LogP contribution in [-0.4, -0.2) is 36.2 Å². The number of carbonyl (C=O) groups is 3. The summed E-state index contributed by atoms with van der Waals surface area (Å²) in [5, 5.41) is 8.42. The summed E-state index contributed by atoms with van der Waals surface area (Å²) in [6, 6.07) is 12.5. The Morgan fingerprint density at radius 2 is 1.27 bits per heavy atom. The van der Waals surface area contributed by atoms with E-state index in [1.807, 2.05) is 12.1 Å². The number of nitrogens with one attached hydrogen (secondary N) is 3. The van der Waals surface area contributed by atoms with E-state index < -0.39 is 35.2 Å². The Bertz CT molecular complexity index is 971. The lowest BCUT2D eigenvalue weighted by Gasteiger charge is -2.24. The van der Waals surface area contributed by atoms with Gasteiger partial charge in [-0.3, -0.25) is 4.79 Å². The molecule has 2 amide bonds. The van der Waals surface area contributed by atoms with Gasteiger partial charge in [0, 0.05) is 18.4 Å². The fraction of sp³-hybridized carbons (Fsp3) is 0.400. The van der Waals surface area contributed by atoms with Crippen molar-refractivity contribution in [3.05, 3.63) is 59.7 Å². The summed E-state index contributed by atoms with van der Waals surface area (Å²) in [6.07, 6.45) is -0.708. The normalized spacial score (nSPS) is 12.3. The molecule has 8 nitrogen and oxygen atoms in total. The van der Waals surface area contributed by atoms with Gasteiger partial charge in [0.1, 0.15) is 17.2 Å². The molecule has 2 aromatic rings. The van der Waals surface area contributed by atoms with Crippen molar-refractivity contribution >= 4 is 29.3 Å². The molecule has 0 fully saturated rings. The van der Waals surface area contributed by atoms with Crippen LogP contribution in [0.3, 0.4) is 0 Å². The third-order valence-electron chi connectivity index (χ3n) is 4.24. The molecule has 0 radical (unpaired) electrons. The third-order valence-corrected chi connectivity index (χ3v) is 4.24. The van der Waals surface area contributed by atoms with Gasteiger partial charge in [-0.1, -0.05) is 12.1 Å². The molecule has 0 heterocycles. The van der Waals surface area contributed by atoms with Gasteiger partial charge in [0.25, 0.3) is 5.91 Å². The van der Waals surface area contributed by atoms with Gasteiger partial charge in [-0.25, -0.2) is 9.59 Å². The van der Waals surface area contributed by atoms with E-state index >= 15 is 0 Å². The molecule has 2 aromatic carbocycles. The Balaban J connectivity index is 2.19. The predicted octanol–water partition coefficient (Wildman–Crippen LogP) is 4.89. The Kier molecular flexibility index (Phi) is 8.08. The van der Waals surface area contributed by atoms with Crippen LogP contribution in [0.1, 0.15) is 63.5 Å². The third kappa shape index (κ3) is 8.48. The quantitative estimate of drug-likeness (QED) is 0.536. The van der Waals surface area contributed by atoms with Crippen LogP contribution in [0, 0.1) is 0 Å². The minimum Gasteiger partial charge on any atom is -0.456 e. The average Bonchev–Trinajstić information content (AvgIpc) is 2.70. The first kappa shape index (κ1) is 25.7. The molecular formula is C25H33N3O5.